The number of H-pyrrole nitrogens is 1. The maximum absolute atomic E-state index is 15.2. The van der Waals surface area contributed by atoms with Gasteiger partial charge in [-0.1, -0.05) is 18.2 Å². The van der Waals surface area contributed by atoms with Crippen LogP contribution in [0.1, 0.15) is 10.4 Å². The zero-order chi connectivity index (χ0) is 30.3. The molecule has 0 saturated carbocycles. The van der Waals surface area contributed by atoms with Crippen molar-refractivity contribution in [2.45, 2.75) is 6.18 Å². The number of fused-ring (bicyclic) bond motifs is 2. The number of carbonyl (C=O) groups excluding carboxylic acids is 1. The second kappa shape index (κ2) is 10.6. The minimum Gasteiger partial charge on any atom is -0.454 e. The molecule has 0 spiro atoms. The Morgan fingerprint density at radius 2 is 1.86 bits per heavy atom. The Morgan fingerprint density at radius 3 is 2.60 bits per heavy atom. The Morgan fingerprint density at radius 1 is 1.07 bits per heavy atom. The van der Waals surface area contributed by atoms with Crippen molar-refractivity contribution in [3.8, 4) is 22.6 Å². The van der Waals surface area contributed by atoms with E-state index in [4.69, 9.17) is 10.5 Å². The number of ether oxygens (including phenoxy) is 1. The summed E-state index contributed by atoms with van der Waals surface area (Å²) in [4.78, 5) is 23.8. The summed E-state index contributed by atoms with van der Waals surface area (Å²) in [5, 5.41) is 8.89. The number of aromatic amines is 1. The van der Waals surface area contributed by atoms with Crippen LogP contribution in [0, 0.1) is 11.6 Å². The smallest absolute Gasteiger partial charge is 0.405 e. The summed E-state index contributed by atoms with van der Waals surface area (Å²) in [5.41, 5.74) is 7.73. The summed E-state index contributed by atoms with van der Waals surface area (Å²) in [5.74, 6) is -2.01. The molecule has 3 heterocycles. The van der Waals surface area contributed by atoms with Gasteiger partial charge in [-0.15, -0.1) is 0 Å². The number of imidazole rings is 1. The van der Waals surface area contributed by atoms with E-state index in [0.717, 1.165) is 12.4 Å². The van der Waals surface area contributed by atoms with E-state index in [1.165, 1.54) is 41.0 Å². The maximum Gasteiger partial charge on any atom is 0.405 e. The van der Waals surface area contributed by atoms with Gasteiger partial charge in [-0.2, -0.15) is 18.3 Å². The number of hydrogen-bond acceptors (Lipinski definition) is 7. The number of carbonyl (C=O) groups is 1. The van der Waals surface area contributed by atoms with Crippen molar-refractivity contribution >= 4 is 39.9 Å². The molecule has 10 nitrogen and oxygen atoms in total. The molecule has 0 saturated heterocycles. The van der Waals surface area contributed by atoms with E-state index in [1.54, 1.807) is 24.3 Å². The van der Waals surface area contributed by atoms with E-state index in [1.807, 2.05) is 5.32 Å². The molecule has 0 bridgehead atoms. The lowest BCUT2D eigenvalue weighted by atomic mass is 10.0. The SMILES string of the molecule is Nc1ncnn2cc(C(=O)NCC(F)(F)F)c(-c3ccc(Nc4nc5ccc(Oc6cccc(F)c6)c(F)c5[nH]4)cc3)c12. The molecule has 0 aliphatic rings. The second-order valence-electron chi connectivity index (χ2n) is 9.27. The van der Waals surface area contributed by atoms with Crippen LogP contribution in [-0.4, -0.2) is 43.2 Å². The highest BCUT2D eigenvalue weighted by Gasteiger charge is 2.29. The molecule has 3 aromatic heterocycles. The molecular formula is C28H19F5N8O2. The van der Waals surface area contributed by atoms with Gasteiger partial charge in [0.25, 0.3) is 5.91 Å². The number of alkyl halides is 3. The lowest BCUT2D eigenvalue weighted by Gasteiger charge is -2.10. The first kappa shape index (κ1) is 27.4. The summed E-state index contributed by atoms with van der Waals surface area (Å²) in [6.07, 6.45) is -2.17. The van der Waals surface area contributed by atoms with E-state index >= 15 is 4.39 Å². The standard InChI is InChI=1S/C28H19F5N8O2/c29-15-2-1-3-17(10-15)43-20-9-8-19-23(22(20)30)40-27(39-19)38-16-6-4-14(5-7-16)21-18(26(42)35-12-28(31,32)33)11-41-24(21)25(34)36-13-37-41/h1-11,13H,12H2,(H,35,42)(H2,34,36,37)(H2,38,39,40). The third-order valence-electron chi connectivity index (χ3n) is 6.32. The minimum atomic E-state index is -4.60. The lowest BCUT2D eigenvalue weighted by Crippen LogP contribution is -2.33. The summed E-state index contributed by atoms with van der Waals surface area (Å²) < 4.78 is 73.6. The fourth-order valence-electron chi connectivity index (χ4n) is 4.45. The van der Waals surface area contributed by atoms with E-state index in [9.17, 15) is 22.4 Å². The molecule has 218 valence electrons. The average molecular weight is 595 g/mol. The van der Waals surface area contributed by atoms with E-state index in [0.29, 0.717) is 16.8 Å². The van der Waals surface area contributed by atoms with Crippen LogP contribution in [0.25, 0.3) is 27.7 Å². The van der Waals surface area contributed by atoms with Crippen LogP contribution in [-0.2, 0) is 0 Å². The molecule has 0 atom stereocenters. The van der Waals surface area contributed by atoms with Crippen LogP contribution >= 0.6 is 0 Å². The first-order valence-electron chi connectivity index (χ1n) is 12.5. The molecular weight excluding hydrogens is 575 g/mol. The van der Waals surface area contributed by atoms with Crippen LogP contribution < -0.4 is 21.1 Å². The van der Waals surface area contributed by atoms with E-state index in [2.05, 4.69) is 25.4 Å². The van der Waals surface area contributed by atoms with Crippen molar-refractivity contribution in [1.29, 1.82) is 0 Å². The Hall–Kier alpha value is -5.73. The Balaban J connectivity index is 1.27. The molecule has 6 rings (SSSR count). The zero-order valence-electron chi connectivity index (χ0n) is 21.7. The third-order valence-corrected chi connectivity index (χ3v) is 6.32. The molecule has 5 N–H and O–H groups in total. The van der Waals surface area contributed by atoms with Crippen molar-refractivity contribution in [2.75, 3.05) is 17.6 Å². The number of hydrogen-bond donors (Lipinski definition) is 4. The van der Waals surface area contributed by atoms with Gasteiger partial charge in [0.1, 0.15) is 35.5 Å². The van der Waals surface area contributed by atoms with Crippen molar-refractivity contribution in [3.05, 3.63) is 90.4 Å². The predicted octanol–water partition coefficient (Wildman–Crippen LogP) is 5.96. The lowest BCUT2D eigenvalue weighted by molar-refractivity contribution is -0.123. The number of benzene rings is 3. The van der Waals surface area contributed by atoms with Crippen LogP contribution in [0.4, 0.5) is 39.4 Å². The summed E-state index contributed by atoms with van der Waals surface area (Å²) >= 11 is 0. The summed E-state index contributed by atoms with van der Waals surface area (Å²) in [6.45, 7) is -1.52. The second-order valence-corrected chi connectivity index (χ2v) is 9.27. The number of nitrogens with two attached hydrogens (primary N) is 1. The monoisotopic (exact) mass is 594 g/mol. The fraction of sp³-hybridized carbons (Fsp3) is 0.0714. The van der Waals surface area contributed by atoms with Crippen LogP contribution in [0.3, 0.4) is 0 Å². The Bertz CT molecular complexity index is 1990. The van der Waals surface area contributed by atoms with Crippen molar-refractivity contribution in [1.82, 2.24) is 29.9 Å². The molecule has 0 unspecified atom stereocenters. The van der Waals surface area contributed by atoms with Gasteiger partial charge in [-0.05, 0) is 42.0 Å². The number of nitrogens with zero attached hydrogens (tertiary/aromatic N) is 4. The fourth-order valence-corrected chi connectivity index (χ4v) is 4.45. The van der Waals surface area contributed by atoms with Crippen LogP contribution in [0.2, 0.25) is 0 Å². The highest BCUT2D eigenvalue weighted by atomic mass is 19.4. The van der Waals surface area contributed by atoms with Gasteiger partial charge in [0.05, 0.1) is 11.1 Å². The third kappa shape index (κ3) is 5.59. The van der Waals surface area contributed by atoms with Gasteiger partial charge in [0.2, 0.25) is 5.95 Å². The molecule has 0 aliphatic carbocycles. The Labute approximate surface area is 238 Å². The maximum atomic E-state index is 15.2. The van der Waals surface area contributed by atoms with E-state index in [-0.39, 0.29) is 45.4 Å². The molecule has 1 amide bonds. The number of halogens is 5. The average Bonchev–Trinajstić information content (AvgIpc) is 3.56. The summed E-state index contributed by atoms with van der Waals surface area (Å²) in [6, 6.07) is 14.7. The van der Waals surface area contributed by atoms with Gasteiger partial charge < -0.3 is 26.1 Å². The van der Waals surface area contributed by atoms with Gasteiger partial charge >= 0.3 is 6.18 Å². The number of aromatic nitrogens is 5. The normalized spacial score (nSPS) is 11.7. The topological polar surface area (TPSA) is 135 Å². The zero-order valence-corrected chi connectivity index (χ0v) is 21.7. The van der Waals surface area contributed by atoms with Gasteiger partial charge in [0.15, 0.2) is 17.4 Å². The van der Waals surface area contributed by atoms with Crippen LogP contribution in [0.15, 0.2) is 73.2 Å². The molecule has 6 aromatic rings. The van der Waals surface area contributed by atoms with Crippen molar-refractivity contribution < 1.29 is 31.5 Å². The van der Waals surface area contributed by atoms with E-state index < -0.39 is 30.3 Å². The predicted molar refractivity (Wildman–Crippen MR) is 147 cm³/mol. The van der Waals surface area contributed by atoms with Crippen molar-refractivity contribution in [3.63, 3.8) is 0 Å². The largest absolute Gasteiger partial charge is 0.454 e. The number of nitrogen functional groups attached to an aromatic ring is 1. The highest BCUT2D eigenvalue weighted by Crippen LogP contribution is 2.34. The van der Waals surface area contributed by atoms with Gasteiger partial charge in [0, 0.05) is 23.5 Å². The molecule has 0 radical (unpaired) electrons. The molecule has 0 fully saturated rings. The molecule has 0 aliphatic heterocycles. The quantitative estimate of drug-likeness (QED) is 0.168. The molecule has 43 heavy (non-hydrogen) atoms. The number of anilines is 3. The first-order chi connectivity index (χ1) is 20.6. The van der Waals surface area contributed by atoms with Crippen molar-refractivity contribution in [2.24, 2.45) is 0 Å². The first-order valence-corrected chi connectivity index (χ1v) is 12.5. The summed E-state index contributed by atoms with van der Waals surface area (Å²) in [7, 11) is 0. The highest BCUT2D eigenvalue weighted by molar-refractivity contribution is 6.07. The van der Waals surface area contributed by atoms with Gasteiger partial charge in [-0.25, -0.2) is 23.3 Å². The minimum absolute atomic E-state index is 0.0205. The number of nitrogens with one attached hydrogen (secondary N) is 3. The Kier molecular flexibility index (Phi) is 6.76. The van der Waals surface area contributed by atoms with Crippen LogP contribution in [0.5, 0.6) is 11.5 Å². The van der Waals surface area contributed by atoms with Gasteiger partial charge in [-0.3, -0.25) is 4.79 Å². The molecule has 3 aromatic carbocycles. The number of amides is 1. The number of rotatable bonds is 7. The molecule has 15 heteroatoms.